The molecule has 5 heteroatoms. The fraction of sp³-hybridized carbons (Fsp3) is 0.238. The first-order chi connectivity index (χ1) is 12.5. The number of ether oxygens (including phenoxy) is 1. The third kappa shape index (κ3) is 3.53. The van der Waals surface area contributed by atoms with Crippen molar-refractivity contribution in [3.05, 3.63) is 65.1 Å². The van der Waals surface area contributed by atoms with E-state index in [1.165, 1.54) is 16.7 Å². The SMILES string of the molecule is CCOc1ccc(N2C(=O)C(SC(C)C)=C(c3ccccc3)C2=O)cc1. The van der Waals surface area contributed by atoms with Crippen molar-refractivity contribution in [2.45, 2.75) is 26.0 Å². The van der Waals surface area contributed by atoms with Crippen molar-refractivity contribution in [2.75, 3.05) is 11.5 Å². The summed E-state index contributed by atoms with van der Waals surface area (Å²) in [6.07, 6.45) is 0. The summed E-state index contributed by atoms with van der Waals surface area (Å²) in [4.78, 5) is 27.9. The quantitative estimate of drug-likeness (QED) is 0.705. The lowest BCUT2D eigenvalue weighted by molar-refractivity contribution is -0.119. The van der Waals surface area contributed by atoms with Gasteiger partial charge >= 0.3 is 0 Å². The van der Waals surface area contributed by atoms with Crippen LogP contribution in [-0.2, 0) is 9.59 Å². The summed E-state index contributed by atoms with van der Waals surface area (Å²) in [5, 5.41) is 0.195. The van der Waals surface area contributed by atoms with E-state index in [2.05, 4.69) is 0 Å². The van der Waals surface area contributed by atoms with Crippen molar-refractivity contribution in [1.29, 1.82) is 0 Å². The summed E-state index contributed by atoms with van der Waals surface area (Å²) in [5.41, 5.74) is 1.79. The van der Waals surface area contributed by atoms with Gasteiger partial charge in [-0.15, -0.1) is 11.8 Å². The van der Waals surface area contributed by atoms with Crippen LogP contribution in [0.4, 0.5) is 5.69 Å². The van der Waals surface area contributed by atoms with Gasteiger partial charge in [0.2, 0.25) is 0 Å². The Balaban J connectivity index is 2.01. The summed E-state index contributed by atoms with van der Waals surface area (Å²) in [7, 11) is 0. The van der Waals surface area contributed by atoms with Crippen LogP contribution < -0.4 is 9.64 Å². The lowest BCUT2D eigenvalue weighted by Crippen LogP contribution is -2.31. The molecule has 2 amide bonds. The van der Waals surface area contributed by atoms with E-state index in [1.807, 2.05) is 51.1 Å². The molecular weight excluding hydrogens is 346 g/mol. The molecule has 0 spiro atoms. The number of rotatable bonds is 6. The van der Waals surface area contributed by atoms with Crippen LogP contribution in [0.3, 0.4) is 0 Å². The van der Waals surface area contributed by atoms with Gasteiger partial charge in [-0.1, -0.05) is 44.2 Å². The molecule has 134 valence electrons. The van der Waals surface area contributed by atoms with Crippen molar-refractivity contribution in [3.63, 3.8) is 0 Å². The molecule has 3 rings (SSSR count). The second-order valence-electron chi connectivity index (χ2n) is 6.11. The summed E-state index contributed by atoms with van der Waals surface area (Å²) < 4.78 is 5.44. The molecule has 0 saturated carbocycles. The zero-order valence-corrected chi connectivity index (χ0v) is 15.9. The third-order valence-electron chi connectivity index (χ3n) is 3.86. The molecule has 0 unspecified atom stereocenters. The summed E-state index contributed by atoms with van der Waals surface area (Å²) >= 11 is 1.43. The second-order valence-corrected chi connectivity index (χ2v) is 7.70. The Labute approximate surface area is 157 Å². The summed E-state index contributed by atoms with van der Waals surface area (Å²) in [6, 6.07) is 16.4. The Morgan fingerprint density at radius 1 is 0.962 bits per heavy atom. The maximum Gasteiger partial charge on any atom is 0.272 e. The maximum absolute atomic E-state index is 13.1. The Kier molecular flexibility index (Phi) is 5.47. The molecule has 2 aromatic carbocycles. The third-order valence-corrected chi connectivity index (χ3v) is 4.95. The molecule has 1 heterocycles. The maximum atomic E-state index is 13.1. The van der Waals surface area contributed by atoms with Crippen LogP contribution in [0.25, 0.3) is 5.57 Å². The Morgan fingerprint density at radius 3 is 2.19 bits per heavy atom. The topological polar surface area (TPSA) is 46.6 Å². The average molecular weight is 367 g/mol. The predicted octanol–water partition coefficient (Wildman–Crippen LogP) is 4.51. The molecule has 0 N–H and O–H groups in total. The van der Waals surface area contributed by atoms with Crippen LogP contribution in [0, 0.1) is 0 Å². The number of amides is 2. The van der Waals surface area contributed by atoms with Crippen LogP contribution in [-0.4, -0.2) is 23.7 Å². The molecule has 26 heavy (non-hydrogen) atoms. The van der Waals surface area contributed by atoms with E-state index in [9.17, 15) is 9.59 Å². The molecule has 0 radical (unpaired) electrons. The standard InChI is InChI=1S/C21H21NO3S/c1-4-25-17-12-10-16(11-13-17)22-20(23)18(15-8-6-5-7-9-15)19(21(22)24)26-14(2)3/h5-14H,4H2,1-3H3. The Bertz CT molecular complexity index is 841. The second kappa shape index (κ2) is 7.79. The van der Waals surface area contributed by atoms with Crippen molar-refractivity contribution in [1.82, 2.24) is 0 Å². The highest BCUT2D eigenvalue weighted by molar-refractivity contribution is 8.04. The number of anilines is 1. The number of nitrogens with zero attached hydrogens (tertiary/aromatic N) is 1. The van der Waals surface area contributed by atoms with Gasteiger partial charge in [0, 0.05) is 5.25 Å². The molecule has 0 bridgehead atoms. The van der Waals surface area contributed by atoms with E-state index in [1.54, 1.807) is 24.3 Å². The van der Waals surface area contributed by atoms with Gasteiger partial charge in [-0.3, -0.25) is 9.59 Å². The van der Waals surface area contributed by atoms with E-state index in [0.29, 0.717) is 28.5 Å². The smallest absolute Gasteiger partial charge is 0.272 e. The Morgan fingerprint density at radius 2 is 1.62 bits per heavy atom. The molecule has 0 saturated heterocycles. The van der Waals surface area contributed by atoms with Crippen LogP contribution >= 0.6 is 11.8 Å². The molecule has 4 nitrogen and oxygen atoms in total. The van der Waals surface area contributed by atoms with Gasteiger partial charge in [-0.05, 0) is 36.8 Å². The lowest BCUT2D eigenvalue weighted by atomic mass is 10.1. The van der Waals surface area contributed by atoms with Crippen molar-refractivity contribution in [3.8, 4) is 5.75 Å². The highest BCUT2D eigenvalue weighted by Crippen LogP contribution is 2.40. The van der Waals surface area contributed by atoms with E-state index < -0.39 is 0 Å². The number of thioether (sulfide) groups is 1. The molecule has 0 aromatic heterocycles. The number of imide groups is 1. The van der Waals surface area contributed by atoms with Crippen LogP contribution in [0.15, 0.2) is 59.5 Å². The normalized spacial score (nSPS) is 14.5. The van der Waals surface area contributed by atoms with Crippen LogP contribution in [0.5, 0.6) is 5.75 Å². The highest BCUT2D eigenvalue weighted by Gasteiger charge is 2.40. The highest BCUT2D eigenvalue weighted by atomic mass is 32.2. The monoisotopic (exact) mass is 367 g/mol. The van der Waals surface area contributed by atoms with Gasteiger partial charge in [0.1, 0.15) is 5.75 Å². The zero-order chi connectivity index (χ0) is 18.7. The minimum Gasteiger partial charge on any atom is -0.494 e. The first-order valence-electron chi connectivity index (χ1n) is 8.61. The first-order valence-corrected chi connectivity index (χ1v) is 9.49. The van der Waals surface area contributed by atoms with Gasteiger partial charge in [0.25, 0.3) is 11.8 Å². The van der Waals surface area contributed by atoms with Gasteiger partial charge in [-0.2, -0.15) is 0 Å². The fourth-order valence-corrected chi connectivity index (χ4v) is 3.79. The largest absolute Gasteiger partial charge is 0.494 e. The molecule has 2 aromatic rings. The number of carbonyl (C=O) groups excluding carboxylic acids is 2. The van der Waals surface area contributed by atoms with Gasteiger partial charge in [0.05, 0.1) is 22.8 Å². The minimum atomic E-state index is -0.284. The van der Waals surface area contributed by atoms with Crippen LogP contribution in [0.2, 0.25) is 0 Å². The van der Waals surface area contributed by atoms with E-state index in [0.717, 1.165) is 5.56 Å². The lowest BCUT2D eigenvalue weighted by Gasteiger charge is -2.16. The van der Waals surface area contributed by atoms with Crippen molar-refractivity contribution < 1.29 is 14.3 Å². The van der Waals surface area contributed by atoms with Gasteiger partial charge in [0.15, 0.2) is 0 Å². The van der Waals surface area contributed by atoms with Gasteiger partial charge < -0.3 is 4.74 Å². The minimum absolute atomic E-state index is 0.195. The van der Waals surface area contributed by atoms with Gasteiger partial charge in [-0.25, -0.2) is 4.90 Å². The summed E-state index contributed by atoms with van der Waals surface area (Å²) in [6.45, 7) is 6.50. The number of carbonyl (C=O) groups is 2. The molecule has 1 aliphatic heterocycles. The molecule has 0 fully saturated rings. The Hall–Kier alpha value is -2.53. The number of hydrogen-bond acceptors (Lipinski definition) is 4. The molecule has 1 aliphatic rings. The fourth-order valence-electron chi connectivity index (χ4n) is 2.81. The van der Waals surface area contributed by atoms with E-state index >= 15 is 0 Å². The molecular formula is C21H21NO3S. The van der Waals surface area contributed by atoms with Crippen molar-refractivity contribution >= 4 is 34.8 Å². The summed E-state index contributed by atoms with van der Waals surface area (Å²) in [5.74, 6) is 0.161. The zero-order valence-electron chi connectivity index (χ0n) is 15.1. The van der Waals surface area contributed by atoms with E-state index in [-0.39, 0.29) is 17.1 Å². The average Bonchev–Trinajstić information content (AvgIpc) is 2.86. The van der Waals surface area contributed by atoms with E-state index in [4.69, 9.17) is 4.74 Å². The van der Waals surface area contributed by atoms with Crippen LogP contribution in [0.1, 0.15) is 26.3 Å². The number of hydrogen-bond donors (Lipinski definition) is 0. The van der Waals surface area contributed by atoms with Crippen molar-refractivity contribution in [2.24, 2.45) is 0 Å². The molecule has 0 atom stereocenters. The first kappa shape index (κ1) is 18.3. The predicted molar refractivity (Wildman–Crippen MR) is 106 cm³/mol. The number of benzene rings is 2. The molecule has 0 aliphatic carbocycles.